The van der Waals surface area contributed by atoms with Gasteiger partial charge in [0.15, 0.2) is 12.4 Å². The summed E-state index contributed by atoms with van der Waals surface area (Å²) in [4.78, 5) is 62.5. The smallest absolute Gasteiger partial charge is 0.414 e. The molecule has 0 spiro atoms. The van der Waals surface area contributed by atoms with Gasteiger partial charge in [-0.15, -0.1) is 0 Å². The number of carbonyl (C=O) groups is 4. The lowest BCUT2D eigenvalue weighted by Gasteiger charge is -2.36. The highest BCUT2D eigenvalue weighted by atomic mass is 19.1. The number of carbonyl (C=O) groups excluding carboxylic acids is 4. The van der Waals surface area contributed by atoms with Crippen LogP contribution in [0.1, 0.15) is 31.1 Å². The Kier molecular flexibility index (Phi) is 9.88. The van der Waals surface area contributed by atoms with Crippen LogP contribution in [0.15, 0.2) is 42.5 Å². The molecule has 2 aliphatic heterocycles. The van der Waals surface area contributed by atoms with Gasteiger partial charge >= 0.3 is 18.2 Å². The molecule has 43 heavy (non-hydrogen) atoms. The third-order valence-corrected chi connectivity index (χ3v) is 6.52. The van der Waals surface area contributed by atoms with Crippen molar-refractivity contribution in [1.82, 2.24) is 10.2 Å². The van der Waals surface area contributed by atoms with Crippen molar-refractivity contribution in [2.75, 3.05) is 55.7 Å². The van der Waals surface area contributed by atoms with Crippen molar-refractivity contribution in [1.29, 1.82) is 0 Å². The maximum absolute atomic E-state index is 15.2. The Morgan fingerprint density at radius 1 is 1.07 bits per heavy atom. The summed E-state index contributed by atoms with van der Waals surface area (Å²) in [5, 5.41) is 2.57. The van der Waals surface area contributed by atoms with E-state index >= 15 is 4.39 Å². The molecule has 0 radical (unpaired) electrons. The molecular formula is C28H34FN5O9. The Labute approximate surface area is 247 Å². The summed E-state index contributed by atoms with van der Waals surface area (Å²) in [6.45, 7) is 6.25. The average molecular weight is 604 g/mol. The first-order valence-corrected chi connectivity index (χ1v) is 13.5. The van der Waals surface area contributed by atoms with E-state index in [2.05, 4.69) is 15.2 Å². The fourth-order valence-corrected chi connectivity index (χ4v) is 4.47. The second-order valence-corrected chi connectivity index (χ2v) is 10.8. The van der Waals surface area contributed by atoms with Crippen LogP contribution in [0.25, 0.3) is 0 Å². The molecule has 4 rings (SSSR count). The van der Waals surface area contributed by atoms with Crippen LogP contribution in [0.5, 0.6) is 5.75 Å². The first-order chi connectivity index (χ1) is 20.4. The van der Waals surface area contributed by atoms with Crippen LogP contribution >= 0.6 is 0 Å². The molecule has 2 aromatic rings. The van der Waals surface area contributed by atoms with Crippen LogP contribution in [-0.4, -0.2) is 86.5 Å². The van der Waals surface area contributed by atoms with E-state index in [1.807, 2.05) is 0 Å². The summed E-state index contributed by atoms with van der Waals surface area (Å²) in [6, 6.07) is 10.2. The molecule has 15 heteroatoms. The number of cyclic esters (lactones) is 1. The summed E-state index contributed by atoms with van der Waals surface area (Å²) >= 11 is 0. The minimum absolute atomic E-state index is 0.0491. The second-order valence-electron chi connectivity index (χ2n) is 10.8. The van der Waals surface area contributed by atoms with Gasteiger partial charge in [0, 0.05) is 26.2 Å². The van der Waals surface area contributed by atoms with Crippen molar-refractivity contribution >= 4 is 35.4 Å². The number of piperazine rings is 1. The number of rotatable bonds is 9. The molecule has 0 aromatic heterocycles. The maximum atomic E-state index is 15.2. The van der Waals surface area contributed by atoms with E-state index in [4.69, 9.17) is 20.1 Å². The normalized spacial score (nSPS) is 16.9. The Bertz CT molecular complexity index is 1330. The molecule has 2 aromatic carbocycles. The lowest BCUT2D eigenvalue weighted by Crippen LogP contribution is -2.50. The number of hydrogen-bond acceptors (Lipinski definition) is 11. The molecule has 3 N–H and O–H groups in total. The fourth-order valence-electron chi connectivity index (χ4n) is 4.47. The molecule has 1 unspecified atom stereocenters. The zero-order chi connectivity index (χ0) is 31.1. The SMILES string of the molecule is CC(C)(C)OC(=O)NCC1CN(c2ccc(N3CCN(C(=O)COC(=O)c4ccc(OON)cc4)CC3)c(F)c2)C(=O)O1. The molecule has 2 aliphatic rings. The van der Waals surface area contributed by atoms with Crippen molar-refractivity contribution in [3.8, 4) is 5.75 Å². The largest absolute Gasteiger partial charge is 0.452 e. The average Bonchev–Trinajstić information content (AvgIpc) is 3.34. The highest BCUT2D eigenvalue weighted by Gasteiger charge is 2.34. The first-order valence-electron chi connectivity index (χ1n) is 13.5. The predicted molar refractivity (Wildman–Crippen MR) is 150 cm³/mol. The zero-order valence-corrected chi connectivity index (χ0v) is 24.0. The highest BCUT2D eigenvalue weighted by Crippen LogP contribution is 2.28. The van der Waals surface area contributed by atoms with Gasteiger partial charge in [0.1, 0.15) is 17.5 Å². The van der Waals surface area contributed by atoms with Gasteiger partial charge in [-0.1, -0.05) is 4.99 Å². The highest BCUT2D eigenvalue weighted by molar-refractivity contribution is 5.91. The summed E-state index contributed by atoms with van der Waals surface area (Å²) < 4.78 is 30.8. The number of halogens is 1. The Morgan fingerprint density at radius 2 is 1.77 bits per heavy atom. The predicted octanol–water partition coefficient (Wildman–Crippen LogP) is 2.37. The van der Waals surface area contributed by atoms with Crippen LogP contribution in [0.3, 0.4) is 0 Å². The minimum Gasteiger partial charge on any atom is -0.452 e. The van der Waals surface area contributed by atoms with Crippen LogP contribution in [0.4, 0.5) is 25.4 Å². The van der Waals surface area contributed by atoms with Crippen molar-refractivity contribution in [3.05, 3.63) is 53.8 Å². The van der Waals surface area contributed by atoms with Gasteiger partial charge in [-0.05, 0) is 63.2 Å². The number of esters is 1. The Morgan fingerprint density at radius 3 is 2.40 bits per heavy atom. The van der Waals surface area contributed by atoms with Crippen molar-refractivity contribution in [3.63, 3.8) is 0 Å². The lowest BCUT2D eigenvalue weighted by atomic mass is 10.2. The second kappa shape index (κ2) is 13.6. The summed E-state index contributed by atoms with van der Waals surface area (Å²) in [5.41, 5.74) is 0.198. The summed E-state index contributed by atoms with van der Waals surface area (Å²) in [6.07, 6.45) is -1.90. The number of alkyl carbamates (subject to hydrolysis) is 1. The number of hydrogen-bond donors (Lipinski definition) is 2. The van der Waals surface area contributed by atoms with E-state index in [0.29, 0.717) is 37.6 Å². The van der Waals surface area contributed by atoms with Gasteiger partial charge in [0.2, 0.25) is 0 Å². The fraction of sp³-hybridized carbons (Fsp3) is 0.429. The first kappa shape index (κ1) is 31.3. The molecule has 14 nitrogen and oxygen atoms in total. The number of amides is 3. The van der Waals surface area contributed by atoms with E-state index in [1.165, 1.54) is 40.1 Å². The van der Waals surface area contributed by atoms with Crippen LogP contribution in [0, 0.1) is 5.82 Å². The third kappa shape index (κ3) is 8.45. The van der Waals surface area contributed by atoms with E-state index in [0.717, 1.165) is 0 Å². The van der Waals surface area contributed by atoms with Gasteiger partial charge in [-0.2, -0.15) is 5.90 Å². The van der Waals surface area contributed by atoms with E-state index < -0.39 is 42.3 Å². The van der Waals surface area contributed by atoms with Gasteiger partial charge in [-0.3, -0.25) is 9.69 Å². The summed E-state index contributed by atoms with van der Waals surface area (Å²) in [7, 11) is 0. The molecule has 0 saturated carbocycles. The molecule has 2 saturated heterocycles. The van der Waals surface area contributed by atoms with Crippen LogP contribution in [-0.2, 0) is 24.0 Å². The molecule has 3 amide bonds. The van der Waals surface area contributed by atoms with Crippen molar-refractivity contribution < 1.29 is 47.7 Å². The molecule has 232 valence electrons. The number of anilines is 2. The van der Waals surface area contributed by atoms with Crippen LogP contribution < -0.4 is 25.9 Å². The van der Waals surface area contributed by atoms with E-state index in [-0.39, 0.29) is 30.3 Å². The molecule has 0 aliphatic carbocycles. The molecule has 1 atom stereocenters. The van der Waals surface area contributed by atoms with Crippen molar-refractivity contribution in [2.45, 2.75) is 32.5 Å². The van der Waals surface area contributed by atoms with E-state index in [9.17, 15) is 19.2 Å². The van der Waals surface area contributed by atoms with Gasteiger partial charge in [0.05, 0.1) is 30.0 Å². The van der Waals surface area contributed by atoms with Crippen LogP contribution in [0.2, 0.25) is 0 Å². The number of ether oxygens (including phenoxy) is 3. The quantitative estimate of drug-likeness (QED) is 0.187. The topological polar surface area (TPSA) is 162 Å². The van der Waals surface area contributed by atoms with E-state index in [1.54, 1.807) is 37.8 Å². The molecule has 0 bridgehead atoms. The zero-order valence-electron chi connectivity index (χ0n) is 24.0. The minimum atomic E-state index is -0.679. The number of nitrogens with two attached hydrogens (primary N) is 1. The molecule has 2 fully saturated rings. The van der Waals surface area contributed by atoms with Gasteiger partial charge < -0.3 is 34.2 Å². The Balaban J connectivity index is 1.24. The number of nitrogens with one attached hydrogen (secondary N) is 1. The monoisotopic (exact) mass is 603 g/mol. The van der Waals surface area contributed by atoms with Gasteiger partial charge in [0.25, 0.3) is 5.91 Å². The molecular weight excluding hydrogens is 569 g/mol. The summed E-state index contributed by atoms with van der Waals surface area (Å²) in [5.74, 6) is 3.52. The van der Waals surface area contributed by atoms with Crippen molar-refractivity contribution in [2.24, 2.45) is 5.90 Å². The number of benzene rings is 2. The Hall–Kier alpha value is -4.63. The maximum Gasteiger partial charge on any atom is 0.414 e. The molecule has 2 heterocycles. The number of nitrogens with zero attached hydrogens (tertiary/aromatic N) is 3. The lowest BCUT2D eigenvalue weighted by molar-refractivity contribution is -0.211. The standard InChI is InChI=1S/C28H34FN5O9/c1-28(2,3)41-26(37)31-15-21-16-34(27(38)40-21)19-6-9-23(22(29)14-19)32-10-12-33(13-11-32)24(35)17-39-25(36)18-4-7-20(8-5-18)42-43-30/h4-9,14,21H,10-13,15-17,30H2,1-3H3,(H,31,37). The third-order valence-electron chi connectivity index (χ3n) is 6.52. The van der Waals surface area contributed by atoms with Gasteiger partial charge in [-0.25, -0.2) is 18.8 Å².